The van der Waals surface area contributed by atoms with Gasteiger partial charge in [-0.15, -0.1) is 0 Å². The SMILES string of the molecule is C.CC(C)(N)C(=O)N[C@H](COCc1ccccc1)C(=O)Nc1cn(CC(=O)N2CCc3ccccc32)cn1. The van der Waals surface area contributed by atoms with Crippen molar-refractivity contribution in [1.29, 1.82) is 0 Å². The summed E-state index contributed by atoms with van der Waals surface area (Å²) < 4.78 is 7.32. The lowest BCUT2D eigenvalue weighted by atomic mass is 10.1. The first-order valence-corrected chi connectivity index (χ1v) is 12.1. The van der Waals surface area contributed by atoms with Crippen LogP contribution in [0.1, 0.15) is 32.4 Å². The van der Waals surface area contributed by atoms with E-state index in [9.17, 15) is 14.4 Å². The van der Waals surface area contributed by atoms with Crippen LogP contribution in [0.2, 0.25) is 0 Å². The molecule has 4 N–H and O–H groups in total. The highest BCUT2D eigenvalue weighted by atomic mass is 16.5. The van der Waals surface area contributed by atoms with Crippen molar-refractivity contribution in [3.8, 4) is 0 Å². The minimum absolute atomic E-state index is 0. The molecular weight excluding hydrogens is 484 g/mol. The highest BCUT2D eigenvalue weighted by Gasteiger charge is 2.29. The molecule has 2 heterocycles. The maximum atomic E-state index is 13.0. The standard InChI is InChI=1S/C27H32N6O4.CH4/c1-27(2,28)26(36)30-21(17-37-16-19-8-4-3-5-9-19)25(35)31-23-14-32(18-29-23)15-24(34)33-13-12-20-10-6-7-11-22(20)33;/h3-11,14,18,21H,12-13,15-17,28H2,1-2H3,(H,30,36)(H,31,35);1H4/t21-;/m1./s1. The van der Waals surface area contributed by atoms with Gasteiger partial charge in [0.15, 0.2) is 5.82 Å². The van der Waals surface area contributed by atoms with E-state index >= 15 is 0 Å². The molecule has 3 amide bonds. The average Bonchev–Trinajstić information content (AvgIpc) is 3.50. The van der Waals surface area contributed by atoms with Crippen LogP contribution in [0.15, 0.2) is 67.1 Å². The van der Waals surface area contributed by atoms with Crippen molar-refractivity contribution >= 4 is 29.2 Å². The number of nitrogens with zero attached hydrogens (tertiary/aromatic N) is 3. The molecule has 1 aliphatic rings. The van der Waals surface area contributed by atoms with E-state index in [-0.39, 0.29) is 38.9 Å². The van der Waals surface area contributed by atoms with Crippen molar-refractivity contribution < 1.29 is 19.1 Å². The Labute approximate surface area is 223 Å². The second-order valence-electron chi connectivity index (χ2n) is 9.59. The van der Waals surface area contributed by atoms with Crippen molar-refractivity contribution in [3.05, 3.63) is 78.2 Å². The summed E-state index contributed by atoms with van der Waals surface area (Å²) in [5, 5.41) is 5.35. The zero-order valence-electron chi connectivity index (χ0n) is 21.0. The number of benzene rings is 2. The Hall–Kier alpha value is -4.02. The number of imidazole rings is 1. The summed E-state index contributed by atoms with van der Waals surface area (Å²) in [6.07, 6.45) is 3.89. The van der Waals surface area contributed by atoms with E-state index in [4.69, 9.17) is 10.5 Å². The molecule has 0 radical (unpaired) electrons. The molecule has 1 aromatic heterocycles. The maximum absolute atomic E-state index is 13.0. The Balaban J connectivity index is 0.00000400. The van der Waals surface area contributed by atoms with Crippen LogP contribution >= 0.6 is 0 Å². The molecule has 10 heteroatoms. The van der Waals surface area contributed by atoms with E-state index in [0.717, 1.165) is 23.2 Å². The van der Waals surface area contributed by atoms with Gasteiger partial charge in [-0.05, 0) is 37.5 Å². The summed E-state index contributed by atoms with van der Waals surface area (Å²) in [5.41, 5.74) is 7.74. The van der Waals surface area contributed by atoms with Gasteiger partial charge < -0.3 is 30.6 Å². The molecule has 2 aromatic carbocycles. The average molecular weight is 521 g/mol. The van der Waals surface area contributed by atoms with Crippen LogP contribution in [-0.4, -0.2) is 52.0 Å². The van der Waals surface area contributed by atoms with Gasteiger partial charge >= 0.3 is 0 Å². The van der Waals surface area contributed by atoms with E-state index in [1.54, 1.807) is 29.5 Å². The first-order chi connectivity index (χ1) is 17.7. The van der Waals surface area contributed by atoms with E-state index in [1.807, 2.05) is 54.6 Å². The first-order valence-electron chi connectivity index (χ1n) is 12.1. The number of nitrogens with two attached hydrogens (primary N) is 1. The summed E-state index contributed by atoms with van der Waals surface area (Å²) in [6.45, 7) is 4.05. The Kier molecular flexibility index (Phi) is 9.38. The van der Waals surface area contributed by atoms with Gasteiger partial charge in [0, 0.05) is 18.4 Å². The van der Waals surface area contributed by atoms with Crippen LogP contribution in [0.4, 0.5) is 11.5 Å². The van der Waals surface area contributed by atoms with E-state index in [2.05, 4.69) is 15.6 Å². The predicted octanol–water partition coefficient (Wildman–Crippen LogP) is 2.49. The third-order valence-electron chi connectivity index (χ3n) is 5.99. The van der Waals surface area contributed by atoms with Crippen molar-refractivity contribution in [2.24, 2.45) is 5.73 Å². The molecule has 10 nitrogen and oxygen atoms in total. The molecule has 0 spiro atoms. The summed E-state index contributed by atoms with van der Waals surface area (Å²) in [4.78, 5) is 44.3. The number of amides is 3. The molecule has 3 aromatic rings. The Morgan fingerprint density at radius 3 is 2.55 bits per heavy atom. The van der Waals surface area contributed by atoms with Crippen molar-refractivity contribution in [1.82, 2.24) is 14.9 Å². The molecule has 38 heavy (non-hydrogen) atoms. The zero-order chi connectivity index (χ0) is 26.4. The van der Waals surface area contributed by atoms with E-state index < -0.39 is 23.4 Å². The number of hydrogen-bond donors (Lipinski definition) is 3. The number of carbonyl (C=O) groups is 3. The van der Waals surface area contributed by atoms with Gasteiger partial charge in [-0.2, -0.15) is 0 Å². The van der Waals surface area contributed by atoms with Gasteiger partial charge in [-0.3, -0.25) is 14.4 Å². The van der Waals surface area contributed by atoms with Crippen LogP contribution in [-0.2, 0) is 38.7 Å². The monoisotopic (exact) mass is 520 g/mol. The lowest BCUT2D eigenvalue weighted by Gasteiger charge is -2.23. The number of nitrogens with one attached hydrogen (secondary N) is 2. The van der Waals surface area contributed by atoms with Crippen LogP contribution in [0.3, 0.4) is 0 Å². The summed E-state index contributed by atoms with van der Waals surface area (Å²) in [7, 11) is 0. The summed E-state index contributed by atoms with van der Waals surface area (Å²) in [6, 6.07) is 16.4. The Morgan fingerprint density at radius 1 is 1.11 bits per heavy atom. The number of para-hydroxylation sites is 1. The lowest BCUT2D eigenvalue weighted by Crippen LogP contribution is -2.56. The predicted molar refractivity (Wildman–Crippen MR) is 146 cm³/mol. The van der Waals surface area contributed by atoms with Gasteiger partial charge in [0.05, 0.1) is 25.1 Å². The fraction of sp³-hybridized carbons (Fsp3) is 0.357. The van der Waals surface area contributed by atoms with Gasteiger partial charge in [0.1, 0.15) is 12.6 Å². The van der Waals surface area contributed by atoms with Crippen molar-refractivity contribution in [3.63, 3.8) is 0 Å². The van der Waals surface area contributed by atoms with Crippen LogP contribution in [0.5, 0.6) is 0 Å². The number of ether oxygens (including phenoxy) is 1. The smallest absolute Gasteiger partial charge is 0.250 e. The molecule has 0 aliphatic carbocycles. The molecule has 0 saturated carbocycles. The highest BCUT2D eigenvalue weighted by molar-refractivity contribution is 5.98. The minimum atomic E-state index is -1.17. The summed E-state index contributed by atoms with van der Waals surface area (Å²) in [5.74, 6) is -0.799. The first kappa shape index (κ1) is 28.5. The fourth-order valence-corrected chi connectivity index (χ4v) is 3.96. The Bertz CT molecular complexity index is 1250. The van der Waals surface area contributed by atoms with Gasteiger partial charge in [-0.1, -0.05) is 56.0 Å². The number of rotatable bonds is 10. The molecule has 0 unspecified atom stereocenters. The number of carbonyl (C=O) groups excluding carboxylic acids is 3. The molecular formula is C28H36N6O4. The van der Waals surface area contributed by atoms with Crippen LogP contribution in [0.25, 0.3) is 0 Å². The summed E-state index contributed by atoms with van der Waals surface area (Å²) >= 11 is 0. The van der Waals surface area contributed by atoms with Crippen molar-refractivity contribution in [2.45, 2.75) is 52.4 Å². The van der Waals surface area contributed by atoms with Gasteiger partial charge in [-0.25, -0.2) is 4.98 Å². The van der Waals surface area contributed by atoms with Crippen molar-refractivity contribution in [2.75, 3.05) is 23.4 Å². The lowest BCUT2D eigenvalue weighted by molar-refractivity contribution is -0.130. The largest absolute Gasteiger partial charge is 0.374 e. The third kappa shape index (κ3) is 7.27. The number of aromatic nitrogens is 2. The number of hydrogen-bond acceptors (Lipinski definition) is 6. The topological polar surface area (TPSA) is 132 Å². The number of fused-ring (bicyclic) bond motifs is 1. The second-order valence-corrected chi connectivity index (χ2v) is 9.59. The molecule has 0 bridgehead atoms. The normalized spacial score (nSPS) is 13.3. The third-order valence-corrected chi connectivity index (χ3v) is 5.99. The zero-order valence-corrected chi connectivity index (χ0v) is 21.0. The van der Waals surface area contributed by atoms with E-state index in [1.165, 1.54) is 6.33 Å². The minimum Gasteiger partial charge on any atom is -0.374 e. The molecule has 202 valence electrons. The molecule has 4 rings (SSSR count). The fourth-order valence-electron chi connectivity index (χ4n) is 3.96. The van der Waals surface area contributed by atoms with Crippen LogP contribution in [0, 0.1) is 0 Å². The van der Waals surface area contributed by atoms with Gasteiger partial charge in [0.25, 0.3) is 5.91 Å². The highest BCUT2D eigenvalue weighted by Crippen LogP contribution is 2.27. The quantitative estimate of drug-likeness (QED) is 0.376. The Morgan fingerprint density at radius 2 is 1.82 bits per heavy atom. The second kappa shape index (κ2) is 12.5. The van der Waals surface area contributed by atoms with Gasteiger partial charge in [0.2, 0.25) is 11.8 Å². The maximum Gasteiger partial charge on any atom is 0.250 e. The molecule has 1 aliphatic heterocycles. The molecule has 1 atom stereocenters. The van der Waals surface area contributed by atoms with E-state index in [0.29, 0.717) is 6.54 Å². The molecule has 0 fully saturated rings. The number of anilines is 2. The molecule has 0 saturated heterocycles. The van der Waals surface area contributed by atoms with Crippen LogP contribution < -0.4 is 21.3 Å².